The number of rotatable bonds is 6. The van der Waals surface area contributed by atoms with Crippen molar-refractivity contribution in [1.29, 1.82) is 0 Å². The number of amides is 4. The Labute approximate surface area is 176 Å². The van der Waals surface area contributed by atoms with Crippen molar-refractivity contribution in [3.8, 4) is 0 Å². The summed E-state index contributed by atoms with van der Waals surface area (Å²) in [5.74, 6) is -0.498. The molecule has 4 amide bonds. The Morgan fingerprint density at radius 2 is 1.77 bits per heavy atom. The van der Waals surface area contributed by atoms with E-state index in [0.717, 1.165) is 12.8 Å². The quantitative estimate of drug-likeness (QED) is 0.642. The predicted molar refractivity (Wildman–Crippen MR) is 117 cm³/mol. The van der Waals surface area contributed by atoms with Crippen LogP contribution in [0.3, 0.4) is 0 Å². The van der Waals surface area contributed by atoms with Gasteiger partial charge >= 0.3 is 6.03 Å². The Balaban J connectivity index is 1.58. The largest absolute Gasteiger partial charge is 0.352 e. The zero-order chi connectivity index (χ0) is 21.3. The third-order valence-corrected chi connectivity index (χ3v) is 4.91. The van der Waals surface area contributed by atoms with Crippen molar-refractivity contribution in [2.24, 2.45) is 5.92 Å². The summed E-state index contributed by atoms with van der Waals surface area (Å²) >= 11 is 0. The van der Waals surface area contributed by atoms with Gasteiger partial charge in [0, 0.05) is 36.6 Å². The number of anilines is 2. The van der Waals surface area contributed by atoms with Crippen molar-refractivity contribution in [2.45, 2.75) is 12.8 Å². The lowest BCUT2D eigenvalue weighted by atomic mass is 9.97. The number of benzene rings is 2. The highest BCUT2D eigenvalue weighted by Gasteiger charge is 2.28. The maximum Gasteiger partial charge on any atom is 0.321 e. The number of carbonyl (C=O) groups is 3. The lowest BCUT2D eigenvalue weighted by molar-refractivity contribution is -0.126. The lowest BCUT2D eigenvalue weighted by Crippen LogP contribution is -2.46. The minimum Gasteiger partial charge on any atom is -0.352 e. The molecule has 3 rings (SSSR count). The third-order valence-electron chi connectivity index (χ3n) is 4.91. The molecule has 1 atom stereocenters. The molecule has 156 valence electrons. The molecule has 1 saturated heterocycles. The van der Waals surface area contributed by atoms with E-state index in [4.69, 9.17) is 0 Å². The van der Waals surface area contributed by atoms with Gasteiger partial charge in [0.2, 0.25) is 5.91 Å². The zero-order valence-corrected chi connectivity index (χ0v) is 16.8. The van der Waals surface area contributed by atoms with Crippen LogP contribution in [0.15, 0.2) is 67.3 Å². The molecule has 1 aliphatic rings. The van der Waals surface area contributed by atoms with E-state index in [1.807, 2.05) is 6.07 Å². The van der Waals surface area contributed by atoms with Crippen molar-refractivity contribution < 1.29 is 14.4 Å². The van der Waals surface area contributed by atoms with Crippen LogP contribution in [0.2, 0.25) is 0 Å². The molecule has 2 aromatic carbocycles. The average molecular weight is 406 g/mol. The van der Waals surface area contributed by atoms with Gasteiger partial charge in [-0.1, -0.05) is 30.3 Å². The van der Waals surface area contributed by atoms with Gasteiger partial charge < -0.3 is 20.9 Å². The first kappa shape index (κ1) is 21.1. The molecule has 0 aromatic heterocycles. The number of piperidine rings is 1. The Kier molecular flexibility index (Phi) is 7.21. The summed E-state index contributed by atoms with van der Waals surface area (Å²) in [6.07, 6.45) is 3.16. The van der Waals surface area contributed by atoms with Gasteiger partial charge in [-0.25, -0.2) is 4.79 Å². The van der Waals surface area contributed by atoms with E-state index in [1.54, 1.807) is 59.5 Å². The molecule has 0 unspecified atom stereocenters. The molecule has 7 nitrogen and oxygen atoms in total. The maximum atomic E-state index is 12.7. The van der Waals surface area contributed by atoms with E-state index >= 15 is 0 Å². The molecule has 1 fully saturated rings. The van der Waals surface area contributed by atoms with Gasteiger partial charge in [-0.2, -0.15) is 0 Å². The first-order valence-electron chi connectivity index (χ1n) is 9.98. The van der Waals surface area contributed by atoms with Crippen molar-refractivity contribution in [1.82, 2.24) is 10.2 Å². The average Bonchev–Trinajstić information content (AvgIpc) is 2.78. The molecule has 0 radical (unpaired) electrons. The molecule has 0 saturated carbocycles. The van der Waals surface area contributed by atoms with Crippen LogP contribution in [0.4, 0.5) is 16.2 Å². The molecule has 2 aromatic rings. The molecule has 0 aliphatic carbocycles. The zero-order valence-electron chi connectivity index (χ0n) is 16.8. The van der Waals surface area contributed by atoms with E-state index in [-0.39, 0.29) is 23.8 Å². The molecule has 1 aliphatic heterocycles. The van der Waals surface area contributed by atoms with Crippen LogP contribution in [-0.2, 0) is 4.79 Å². The van der Waals surface area contributed by atoms with Gasteiger partial charge in [-0.05, 0) is 43.2 Å². The second-order valence-electron chi connectivity index (χ2n) is 7.15. The third kappa shape index (κ3) is 5.70. The van der Waals surface area contributed by atoms with Crippen LogP contribution in [0.25, 0.3) is 0 Å². The van der Waals surface area contributed by atoms with E-state index in [1.165, 1.54) is 0 Å². The molecular formula is C23H26N4O3. The number of urea groups is 1. The van der Waals surface area contributed by atoms with Crippen LogP contribution >= 0.6 is 0 Å². The minimum atomic E-state index is -0.261. The summed E-state index contributed by atoms with van der Waals surface area (Å²) in [5.41, 5.74) is 1.71. The fourth-order valence-electron chi connectivity index (χ4n) is 3.36. The summed E-state index contributed by atoms with van der Waals surface area (Å²) in [5, 5.41) is 8.48. The number of likely N-dealkylation sites (tertiary alicyclic amines) is 1. The summed E-state index contributed by atoms with van der Waals surface area (Å²) in [6, 6.07) is 15.6. The van der Waals surface area contributed by atoms with Gasteiger partial charge in [0.1, 0.15) is 0 Å². The highest BCUT2D eigenvalue weighted by atomic mass is 16.2. The van der Waals surface area contributed by atoms with E-state index in [0.29, 0.717) is 36.6 Å². The first-order valence-corrected chi connectivity index (χ1v) is 9.98. The fraction of sp³-hybridized carbons (Fsp3) is 0.261. The van der Waals surface area contributed by atoms with E-state index in [2.05, 4.69) is 22.5 Å². The number of nitrogens with zero attached hydrogens (tertiary/aromatic N) is 1. The number of nitrogens with one attached hydrogen (secondary N) is 3. The smallest absolute Gasteiger partial charge is 0.321 e. The number of carbonyl (C=O) groups excluding carboxylic acids is 3. The van der Waals surface area contributed by atoms with Crippen molar-refractivity contribution >= 4 is 29.2 Å². The SMILES string of the molecule is C=CCNC(=O)[C@H]1CCCN(C(=O)Nc2cccc(NC(=O)c3ccccc3)c2)C1. The summed E-state index contributed by atoms with van der Waals surface area (Å²) in [4.78, 5) is 38.8. The van der Waals surface area contributed by atoms with E-state index < -0.39 is 0 Å². The molecule has 3 N–H and O–H groups in total. The van der Waals surface area contributed by atoms with Crippen LogP contribution < -0.4 is 16.0 Å². The second-order valence-corrected chi connectivity index (χ2v) is 7.15. The maximum absolute atomic E-state index is 12.7. The van der Waals surface area contributed by atoms with Gasteiger partial charge in [0.25, 0.3) is 5.91 Å². The highest BCUT2D eigenvalue weighted by molar-refractivity contribution is 6.04. The minimum absolute atomic E-state index is 0.0574. The molecule has 0 spiro atoms. The summed E-state index contributed by atoms with van der Waals surface area (Å²) in [7, 11) is 0. The Morgan fingerprint density at radius 1 is 1.03 bits per heavy atom. The second kappa shape index (κ2) is 10.2. The number of hydrogen-bond donors (Lipinski definition) is 3. The normalized spacial score (nSPS) is 15.7. The van der Waals surface area contributed by atoms with Gasteiger partial charge in [-0.3, -0.25) is 9.59 Å². The van der Waals surface area contributed by atoms with Gasteiger partial charge in [0.15, 0.2) is 0 Å². The standard InChI is InChI=1S/C23H26N4O3/c1-2-13-24-21(28)18-10-7-14-27(16-18)23(30)26-20-12-6-11-19(15-20)25-22(29)17-8-4-3-5-9-17/h2-6,8-9,11-12,15,18H,1,7,10,13-14,16H2,(H,24,28)(H,25,29)(H,26,30)/t18-/m0/s1. The topological polar surface area (TPSA) is 90.5 Å². The molecule has 1 heterocycles. The van der Waals surface area contributed by atoms with Crippen LogP contribution in [0, 0.1) is 5.92 Å². The molecule has 0 bridgehead atoms. The van der Waals surface area contributed by atoms with Gasteiger partial charge in [-0.15, -0.1) is 6.58 Å². The first-order chi connectivity index (χ1) is 14.6. The van der Waals surface area contributed by atoms with E-state index in [9.17, 15) is 14.4 Å². The highest BCUT2D eigenvalue weighted by Crippen LogP contribution is 2.20. The summed E-state index contributed by atoms with van der Waals surface area (Å²) in [6.45, 7) is 4.99. The Morgan fingerprint density at radius 3 is 2.50 bits per heavy atom. The monoisotopic (exact) mass is 406 g/mol. The van der Waals surface area contributed by atoms with Crippen molar-refractivity contribution in [3.05, 3.63) is 72.8 Å². The van der Waals surface area contributed by atoms with Crippen LogP contribution in [0.1, 0.15) is 23.2 Å². The summed E-state index contributed by atoms with van der Waals surface area (Å²) < 4.78 is 0. The van der Waals surface area contributed by atoms with Gasteiger partial charge in [0.05, 0.1) is 5.92 Å². The fourth-order valence-corrected chi connectivity index (χ4v) is 3.36. The predicted octanol–water partition coefficient (Wildman–Crippen LogP) is 3.49. The number of hydrogen-bond acceptors (Lipinski definition) is 3. The Hall–Kier alpha value is -3.61. The molecule has 30 heavy (non-hydrogen) atoms. The lowest BCUT2D eigenvalue weighted by Gasteiger charge is -2.32. The van der Waals surface area contributed by atoms with Crippen LogP contribution in [-0.4, -0.2) is 42.4 Å². The Bertz CT molecular complexity index is 914. The molecular weight excluding hydrogens is 380 g/mol. The van der Waals surface area contributed by atoms with Crippen LogP contribution in [0.5, 0.6) is 0 Å². The van der Waals surface area contributed by atoms with Crippen molar-refractivity contribution in [3.63, 3.8) is 0 Å². The van der Waals surface area contributed by atoms with Crippen molar-refractivity contribution in [2.75, 3.05) is 30.3 Å². The molecule has 7 heteroatoms.